The molecule has 4 heteroatoms. The van der Waals surface area contributed by atoms with Crippen molar-refractivity contribution in [1.29, 1.82) is 0 Å². The number of hydrogen-bond donors (Lipinski definition) is 1. The first kappa shape index (κ1) is 16.0. The SMILES string of the molecule is CCCCCCCCCCNC1CCS(=O)(=O)C1. The van der Waals surface area contributed by atoms with Crippen molar-refractivity contribution in [2.24, 2.45) is 0 Å². The molecule has 3 nitrogen and oxygen atoms in total. The van der Waals surface area contributed by atoms with Gasteiger partial charge in [-0.15, -0.1) is 0 Å². The van der Waals surface area contributed by atoms with Crippen molar-refractivity contribution in [3.63, 3.8) is 0 Å². The summed E-state index contributed by atoms with van der Waals surface area (Å²) in [7, 11) is -2.72. The molecular formula is C14H29NO2S. The highest BCUT2D eigenvalue weighted by atomic mass is 32.2. The highest BCUT2D eigenvalue weighted by Gasteiger charge is 2.26. The topological polar surface area (TPSA) is 46.2 Å². The van der Waals surface area contributed by atoms with Gasteiger partial charge in [0, 0.05) is 6.04 Å². The molecule has 0 spiro atoms. The fourth-order valence-corrected chi connectivity index (χ4v) is 4.23. The maximum Gasteiger partial charge on any atom is 0.151 e. The van der Waals surface area contributed by atoms with Crippen LogP contribution in [0, 0.1) is 0 Å². The van der Waals surface area contributed by atoms with E-state index in [2.05, 4.69) is 12.2 Å². The maximum atomic E-state index is 11.3. The standard InChI is InChI=1S/C14H29NO2S/c1-2-3-4-5-6-7-8-9-11-15-14-10-12-18(16,17)13-14/h14-15H,2-13H2,1H3. The van der Waals surface area contributed by atoms with Gasteiger partial charge in [0.25, 0.3) is 0 Å². The molecule has 1 unspecified atom stereocenters. The van der Waals surface area contributed by atoms with Gasteiger partial charge in [-0.2, -0.15) is 0 Å². The van der Waals surface area contributed by atoms with Crippen LogP contribution >= 0.6 is 0 Å². The molecule has 0 aromatic heterocycles. The van der Waals surface area contributed by atoms with E-state index in [0.717, 1.165) is 13.0 Å². The van der Waals surface area contributed by atoms with Gasteiger partial charge in [-0.3, -0.25) is 0 Å². The van der Waals surface area contributed by atoms with Crippen molar-refractivity contribution >= 4 is 9.84 Å². The van der Waals surface area contributed by atoms with E-state index in [1.54, 1.807) is 0 Å². The van der Waals surface area contributed by atoms with Crippen LogP contribution in [0.4, 0.5) is 0 Å². The third-order valence-electron chi connectivity index (χ3n) is 3.70. The Hall–Kier alpha value is -0.0900. The van der Waals surface area contributed by atoms with E-state index < -0.39 is 9.84 Å². The van der Waals surface area contributed by atoms with Crippen LogP contribution in [-0.4, -0.2) is 32.5 Å². The third-order valence-corrected chi connectivity index (χ3v) is 5.46. The minimum Gasteiger partial charge on any atom is -0.313 e. The van der Waals surface area contributed by atoms with Gasteiger partial charge in [-0.1, -0.05) is 51.9 Å². The second-order valence-corrected chi connectivity index (χ2v) is 7.76. The normalized spacial score (nSPS) is 22.4. The van der Waals surface area contributed by atoms with E-state index in [4.69, 9.17) is 0 Å². The van der Waals surface area contributed by atoms with E-state index in [9.17, 15) is 8.42 Å². The van der Waals surface area contributed by atoms with Gasteiger partial charge in [0.05, 0.1) is 11.5 Å². The molecule has 0 aromatic carbocycles. The van der Waals surface area contributed by atoms with Gasteiger partial charge < -0.3 is 5.32 Å². The van der Waals surface area contributed by atoms with Crippen LogP contribution in [0.25, 0.3) is 0 Å². The van der Waals surface area contributed by atoms with Crippen LogP contribution in [0.3, 0.4) is 0 Å². The maximum absolute atomic E-state index is 11.3. The highest BCUT2D eigenvalue weighted by Crippen LogP contribution is 2.12. The van der Waals surface area contributed by atoms with E-state index in [-0.39, 0.29) is 6.04 Å². The second kappa shape index (κ2) is 8.92. The third kappa shape index (κ3) is 7.37. The Morgan fingerprint density at radius 1 is 1.00 bits per heavy atom. The van der Waals surface area contributed by atoms with Crippen LogP contribution in [0.15, 0.2) is 0 Å². The Kier molecular flexibility index (Phi) is 7.91. The predicted molar refractivity (Wildman–Crippen MR) is 77.7 cm³/mol. The summed E-state index contributed by atoms with van der Waals surface area (Å²) in [4.78, 5) is 0. The molecule has 1 aliphatic heterocycles. The molecule has 1 heterocycles. The zero-order valence-electron chi connectivity index (χ0n) is 11.8. The molecule has 108 valence electrons. The van der Waals surface area contributed by atoms with Gasteiger partial charge >= 0.3 is 0 Å². The molecular weight excluding hydrogens is 246 g/mol. The minimum absolute atomic E-state index is 0.222. The Morgan fingerprint density at radius 2 is 1.61 bits per heavy atom. The quantitative estimate of drug-likeness (QED) is 0.624. The summed E-state index contributed by atoms with van der Waals surface area (Å²) in [5.74, 6) is 0.728. The van der Waals surface area contributed by atoms with E-state index in [0.29, 0.717) is 11.5 Å². The molecule has 0 saturated carbocycles. The smallest absolute Gasteiger partial charge is 0.151 e. The van der Waals surface area contributed by atoms with Crippen molar-refractivity contribution < 1.29 is 8.42 Å². The van der Waals surface area contributed by atoms with Crippen molar-refractivity contribution in [2.45, 2.75) is 70.8 Å². The van der Waals surface area contributed by atoms with Crippen LogP contribution < -0.4 is 5.32 Å². The summed E-state index contributed by atoms with van der Waals surface area (Å²) in [6, 6.07) is 0.222. The second-order valence-electron chi connectivity index (χ2n) is 5.53. The van der Waals surface area contributed by atoms with E-state index in [1.165, 1.54) is 51.4 Å². The summed E-state index contributed by atoms with van der Waals surface area (Å²) in [5, 5.41) is 3.37. The summed E-state index contributed by atoms with van der Waals surface area (Å²) in [5.41, 5.74) is 0. The molecule has 0 aromatic rings. The van der Waals surface area contributed by atoms with Crippen molar-refractivity contribution in [3.05, 3.63) is 0 Å². The molecule has 1 saturated heterocycles. The Morgan fingerprint density at radius 3 is 2.17 bits per heavy atom. The largest absolute Gasteiger partial charge is 0.313 e. The van der Waals surface area contributed by atoms with Gasteiger partial charge in [0.1, 0.15) is 0 Å². The van der Waals surface area contributed by atoms with Gasteiger partial charge in [-0.05, 0) is 19.4 Å². The monoisotopic (exact) mass is 275 g/mol. The minimum atomic E-state index is -2.72. The van der Waals surface area contributed by atoms with Crippen molar-refractivity contribution in [2.75, 3.05) is 18.1 Å². The lowest BCUT2D eigenvalue weighted by molar-refractivity contribution is 0.513. The van der Waals surface area contributed by atoms with Crippen molar-refractivity contribution in [3.8, 4) is 0 Å². The number of nitrogens with one attached hydrogen (secondary N) is 1. The molecule has 1 rings (SSSR count). The molecule has 0 amide bonds. The Balaban J connectivity index is 1.85. The molecule has 1 aliphatic rings. The fourth-order valence-electron chi connectivity index (χ4n) is 2.52. The summed E-state index contributed by atoms with van der Waals surface area (Å²) in [6.45, 7) is 3.23. The highest BCUT2D eigenvalue weighted by molar-refractivity contribution is 7.91. The molecule has 1 fully saturated rings. The van der Waals surface area contributed by atoms with Gasteiger partial charge in [0.2, 0.25) is 0 Å². The van der Waals surface area contributed by atoms with Gasteiger partial charge in [0.15, 0.2) is 9.84 Å². The lowest BCUT2D eigenvalue weighted by atomic mass is 10.1. The predicted octanol–water partition coefficient (Wildman–Crippen LogP) is 2.90. The zero-order chi connectivity index (χ0) is 13.3. The molecule has 0 radical (unpaired) electrons. The first-order valence-corrected chi connectivity index (χ1v) is 9.40. The Labute approximate surface area is 113 Å². The first-order chi connectivity index (χ1) is 8.64. The average Bonchev–Trinajstić information content (AvgIpc) is 2.67. The first-order valence-electron chi connectivity index (χ1n) is 7.58. The lowest BCUT2D eigenvalue weighted by Gasteiger charge is -2.10. The van der Waals surface area contributed by atoms with Crippen LogP contribution in [0.1, 0.15) is 64.7 Å². The Bertz CT molecular complexity index is 301. The van der Waals surface area contributed by atoms with Crippen molar-refractivity contribution in [1.82, 2.24) is 5.32 Å². The lowest BCUT2D eigenvalue weighted by Crippen LogP contribution is -2.30. The van der Waals surface area contributed by atoms with E-state index >= 15 is 0 Å². The summed E-state index contributed by atoms with van der Waals surface area (Å²) in [6.07, 6.45) is 11.4. The molecule has 1 atom stereocenters. The number of sulfone groups is 1. The number of rotatable bonds is 10. The summed E-state index contributed by atoms with van der Waals surface area (Å²) < 4.78 is 22.5. The van der Waals surface area contributed by atoms with Crippen LogP contribution in [-0.2, 0) is 9.84 Å². The van der Waals surface area contributed by atoms with Gasteiger partial charge in [-0.25, -0.2) is 8.42 Å². The average molecular weight is 275 g/mol. The van der Waals surface area contributed by atoms with Crippen LogP contribution in [0.2, 0.25) is 0 Å². The van der Waals surface area contributed by atoms with Crippen LogP contribution in [0.5, 0.6) is 0 Å². The zero-order valence-corrected chi connectivity index (χ0v) is 12.6. The summed E-state index contributed by atoms with van der Waals surface area (Å²) >= 11 is 0. The molecule has 0 aliphatic carbocycles. The molecule has 1 N–H and O–H groups in total. The van der Waals surface area contributed by atoms with E-state index in [1.807, 2.05) is 0 Å². The number of hydrogen-bond acceptors (Lipinski definition) is 3. The number of unbranched alkanes of at least 4 members (excludes halogenated alkanes) is 7. The molecule has 0 bridgehead atoms. The molecule has 18 heavy (non-hydrogen) atoms. The fraction of sp³-hybridized carbons (Fsp3) is 1.00.